The number of hydrogen-bond donors (Lipinski definition) is 0. The molecule has 1 atom stereocenters. The van der Waals surface area contributed by atoms with Gasteiger partial charge in [-0.1, -0.05) is 5.16 Å². The lowest BCUT2D eigenvalue weighted by molar-refractivity contribution is 0.0610. The Morgan fingerprint density at radius 1 is 1.30 bits per heavy atom. The Morgan fingerprint density at radius 3 is 2.78 bits per heavy atom. The Morgan fingerprint density at radius 2 is 2.11 bits per heavy atom. The van der Waals surface area contributed by atoms with E-state index in [2.05, 4.69) is 10.1 Å². The maximum atomic E-state index is 13.3. The summed E-state index contributed by atoms with van der Waals surface area (Å²) < 4.78 is 7.26. The van der Waals surface area contributed by atoms with E-state index < -0.39 is 0 Å². The Labute approximate surface area is 162 Å². The molecular formula is C19H23N5O2S. The number of thiazole rings is 1. The molecule has 3 aromatic heterocycles. The van der Waals surface area contributed by atoms with E-state index in [0.29, 0.717) is 5.76 Å². The van der Waals surface area contributed by atoms with Crippen LogP contribution in [0.2, 0.25) is 0 Å². The molecule has 1 fully saturated rings. The quantitative estimate of drug-likeness (QED) is 0.685. The lowest BCUT2D eigenvalue weighted by Gasteiger charge is -2.35. The fraction of sp³-hybridized carbons (Fsp3) is 0.474. The van der Waals surface area contributed by atoms with Gasteiger partial charge in [-0.05, 0) is 40.0 Å². The normalized spacial score (nSPS) is 17.5. The average Bonchev–Trinajstić information content (AvgIpc) is 3.32. The molecule has 4 heterocycles. The molecule has 1 aliphatic rings. The summed E-state index contributed by atoms with van der Waals surface area (Å²) in [6, 6.07) is 1.83. The molecule has 8 heteroatoms. The van der Waals surface area contributed by atoms with Crippen LogP contribution in [0.1, 0.15) is 57.1 Å². The topological polar surface area (TPSA) is 77.0 Å². The Hall–Kier alpha value is -2.48. The number of rotatable bonds is 3. The van der Waals surface area contributed by atoms with Crippen molar-refractivity contribution in [2.45, 2.75) is 46.1 Å². The van der Waals surface area contributed by atoms with Crippen molar-refractivity contribution in [1.29, 1.82) is 0 Å². The number of aromatic nitrogens is 4. The minimum Gasteiger partial charge on any atom is -0.356 e. The molecule has 3 aromatic rings. The van der Waals surface area contributed by atoms with Crippen LogP contribution in [0.5, 0.6) is 0 Å². The third kappa shape index (κ3) is 3.29. The van der Waals surface area contributed by atoms with Crippen molar-refractivity contribution in [3.05, 3.63) is 39.2 Å². The molecular weight excluding hydrogens is 362 g/mol. The summed E-state index contributed by atoms with van der Waals surface area (Å²) in [5, 5.41) is 9.62. The maximum Gasteiger partial charge on any atom is 0.266 e. The zero-order valence-corrected chi connectivity index (χ0v) is 16.8. The number of nitrogens with zero attached hydrogens (tertiary/aromatic N) is 5. The first-order valence-electron chi connectivity index (χ1n) is 9.16. The van der Waals surface area contributed by atoms with E-state index in [0.717, 1.165) is 58.3 Å². The number of amides is 1. The highest BCUT2D eigenvalue weighted by Gasteiger charge is 2.34. The molecule has 27 heavy (non-hydrogen) atoms. The van der Waals surface area contributed by atoms with Gasteiger partial charge in [0.1, 0.15) is 4.88 Å². The number of carbonyl (C=O) groups excluding carboxylic acids is 1. The monoisotopic (exact) mass is 385 g/mol. The van der Waals surface area contributed by atoms with Crippen LogP contribution in [0.4, 0.5) is 0 Å². The summed E-state index contributed by atoms with van der Waals surface area (Å²) in [5.41, 5.74) is 3.41. The van der Waals surface area contributed by atoms with Crippen LogP contribution in [-0.2, 0) is 7.05 Å². The van der Waals surface area contributed by atoms with Gasteiger partial charge in [0.05, 0.1) is 33.7 Å². The second kappa shape index (κ2) is 6.92. The minimum absolute atomic E-state index is 0.0492. The number of carbonyl (C=O) groups is 1. The lowest BCUT2D eigenvalue weighted by Crippen LogP contribution is -2.38. The largest absolute Gasteiger partial charge is 0.356 e. The van der Waals surface area contributed by atoms with Gasteiger partial charge in [0.25, 0.3) is 5.91 Å². The van der Waals surface area contributed by atoms with E-state index in [9.17, 15) is 4.79 Å². The molecule has 1 amide bonds. The number of piperidine rings is 1. The third-order valence-electron chi connectivity index (χ3n) is 4.93. The van der Waals surface area contributed by atoms with Crippen LogP contribution in [-0.4, -0.2) is 37.3 Å². The molecule has 0 radical (unpaired) electrons. The van der Waals surface area contributed by atoms with Crippen molar-refractivity contribution in [1.82, 2.24) is 24.8 Å². The SMILES string of the molecule is Cc1cc(-c2cn(C)nc2[C@@H]2CCCCN2C(=O)c2sc(C)nc2C)on1. The third-order valence-corrected chi connectivity index (χ3v) is 5.99. The van der Waals surface area contributed by atoms with Gasteiger partial charge in [-0.3, -0.25) is 9.48 Å². The zero-order valence-electron chi connectivity index (χ0n) is 16.0. The molecule has 4 rings (SSSR count). The van der Waals surface area contributed by atoms with Crippen molar-refractivity contribution >= 4 is 17.2 Å². The molecule has 0 saturated carbocycles. The number of hydrogen-bond acceptors (Lipinski definition) is 6. The van der Waals surface area contributed by atoms with Gasteiger partial charge in [0, 0.05) is 25.9 Å². The fourth-order valence-electron chi connectivity index (χ4n) is 3.75. The van der Waals surface area contributed by atoms with Crippen LogP contribution < -0.4 is 0 Å². The van der Waals surface area contributed by atoms with Gasteiger partial charge in [0.2, 0.25) is 0 Å². The maximum absolute atomic E-state index is 13.3. The van der Waals surface area contributed by atoms with Crippen molar-refractivity contribution in [3.63, 3.8) is 0 Å². The highest BCUT2D eigenvalue weighted by molar-refractivity contribution is 7.13. The number of aryl methyl sites for hydroxylation is 4. The van der Waals surface area contributed by atoms with Gasteiger partial charge < -0.3 is 9.42 Å². The first kappa shape index (κ1) is 17.9. The molecule has 142 valence electrons. The van der Waals surface area contributed by atoms with E-state index in [1.807, 2.05) is 45.0 Å². The van der Waals surface area contributed by atoms with E-state index in [-0.39, 0.29) is 11.9 Å². The van der Waals surface area contributed by atoms with E-state index in [4.69, 9.17) is 9.62 Å². The van der Waals surface area contributed by atoms with Crippen LogP contribution in [0.3, 0.4) is 0 Å². The highest BCUT2D eigenvalue weighted by Crippen LogP contribution is 2.37. The summed E-state index contributed by atoms with van der Waals surface area (Å²) in [6.07, 6.45) is 4.90. The molecule has 0 N–H and O–H groups in total. The average molecular weight is 385 g/mol. The zero-order chi connectivity index (χ0) is 19.1. The first-order valence-corrected chi connectivity index (χ1v) is 9.98. The summed E-state index contributed by atoms with van der Waals surface area (Å²) in [7, 11) is 1.89. The Bertz CT molecular complexity index is 986. The smallest absolute Gasteiger partial charge is 0.266 e. The Balaban J connectivity index is 1.73. The molecule has 7 nitrogen and oxygen atoms in total. The van der Waals surface area contributed by atoms with Crippen molar-refractivity contribution < 1.29 is 9.32 Å². The second-order valence-corrected chi connectivity index (χ2v) is 8.29. The van der Waals surface area contributed by atoms with Gasteiger partial charge in [0.15, 0.2) is 5.76 Å². The van der Waals surface area contributed by atoms with Crippen molar-refractivity contribution in [3.8, 4) is 11.3 Å². The Kier molecular flexibility index (Phi) is 4.59. The molecule has 0 aliphatic carbocycles. The predicted molar refractivity (Wildman–Crippen MR) is 103 cm³/mol. The van der Waals surface area contributed by atoms with Gasteiger partial charge in [-0.2, -0.15) is 5.10 Å². The molecule has 0 bridgehead atoms. The summed E-state index contributed by atoms with van der Waals surface area (Å²) >= 11 is 1.47. The molecule has 1 saturated heterocycles. The summed E-state index contributed by atoms with van der Waals surface area (Å²) in [4.78, 5) is 20.4. The lowest BCUT2D eigenvalue weighted by atomic mass is 9.96. The van der Waals surface area contributed by atoms with E-state index in [1.54, 1.807) is 4.68 Å². The number of likely N-dealkylation sites (tertiary alicyclic amines) is 1. The van der Waals surface area contributed by atoms with Crippen LogP contribution in [0.15, 0.2) is 16.8 Å². The van der Waals surface area contributed by atoms with Crippen molar-refractivity contribution in [2.75, 3.05) is 6.54 Å². The highest BCUT2D eigenvalue weighted by atomic mass is 32.1. The van der Waals surface area contributed by atoms with Gasteiger partial charge in [-0.15, -0.1) is 11.3 Å². The molecule has 1 aliphatic heterocycles. The molecule has 0 aromatic carbocycles. The summed E-state index contributed by atoms with van der Waals surface area (Å²) in [5.74, 6) is 0.742. The fourth-order valence-corrected chi connectivity index (χ4v) is 4.63. The van der Waals surface area contributed by atoms with Gasteiger partial charge >= 0.3 is 0 Å². The molecule has 0 spiro atoms. The minimum atomic E-state index is -0.0744. The first-order chi connectivity index (χ1) is 12.9. The molecule has 0 unspecified atom stereocenters. The van der Waals surface area contributed by atoms with Crippen LogP contribution in [0.25, 0.3) is 11.3 Å². The predicted octanol–water partition coefficient (Wildman–Crippen LogP) is 3.82. The van der Waals surface area contributed by atoms with Gasteiger partial charge in [-0.25, -0.2) is 4.98 Å². The van der Waals surface area contributed by atoms with Crippen LogP contribution >= 0.6 is 11.3 Å². The van der Waals surface area contributed by atoms with Crippen molar-refractivity contribution in [2.24, 2.45) is 7.05 Å². The summed E-state index contributed by atoms with van der Waals surface area (Å²) in [6.45, 7) is 6.46. The standard InChI is InChI=1S/C19H23N5O2S/c1-11-9-16(26-22-11)14-10-23(4)21-17(14)15-7-5-6-8-24(15)19(25)18-12(2)20-13(3)27-18/h9-10,15H,5-8H2,1-4H3/t15-/m0/s1. The van der Waals surface area contributed by atoms with E-state index in [1.165, 1.54) is 11.3 Å². The van der Waals surface area contributed by atoms with E-state index >= 15 is 0 Å². The second-order valence-electron chi connectivity index (χ2n) is 7.09. The van der Waals surface area contributed by atoms with Crippen LogP contribution in [0, 0.1) is 20.8 Å².